The molecular formula is C17H21N5O2S. The molecular weight excluding hydrogens is 338 g/mol. The van der Waals surface area contributed by atoms with Crippen molar-refractivity contribution in [1.29, 1.82) is 0 Å². The lowest BCUT2D eigenvalue weighted by Crippen LogP contribution is -2.45. The van der Waals surface area contributed by atoms with Gasteiger partial charge in [0.05, 0.1) is 12.8 Å². The Hall–Kier alpha value is -2.58. The molecule has 3 rings (SSSR count). The van der Waals surface area contributed by atoms with Crippen LogP contribution in [-0.2, 0) is 6.54 Å². The van der Waals surface area contributed by atoms with Gasteiger partial charge >= 0.3 is 0 Å². The largest absolute Gasteiger partial charge is 0.508 e. The number of nitrogens with zero attached hydrogens (tertiary/aromatic N) is 3. The van der Waals surface area contributed by atoms with E-state index in [9.17, 15) is 5.11 Å². The van der Waals surface area contributed by atoms with Crippen LogP contribution in [0.25, 0.3) is 0 Å². The van der Waals surface area contributed by atoms with E-state index < -0.39 is 0 Å². The highest BCUT2D eigenvalue weighted by molar-refractivity contribution is 7.80. The van der Waals surface area contributed by atoms with E-state index in [0.717, 1.165) is 44.2 Å². The summed E-state index contributed by atoms with van der Waals surface area (Å²) in [6.07, 6.45) is 1.54. The Labute approximate surface area is 151 Å². The van der Waals surface area contributed by atoms with Crippen molar-refractivity contribution in [3.63, 3.8) is 0 Å². The number of piperazine rings is 1. The Balaban J connectivity index is 1.50. The van der Waals surface area contributed by atoms with Gasteiger partial charge in [0.15, 0.2) is 5.11 Å². The molecule has 0 aliphatic carbocycles. The number of hydrogen-bond donors (Lipinski definition) is 3. The van der Waals surface area contributed by atoms with Gasteiger partial charge in [-0.25, -0.2) is 0 Å². The Kier molecular flexibility index (Phi) is 5.52. The van der Waals surface area contributed by atoms with Gasteiger partial charge in [0.1, 0.15) is 17.3 Å². The second-order valence-electron chi connectivity index (χ2n) is 5.82. The average molecular weight is 359 g/mol. The molecule has 7 nitrogen and oxygen atoms in total. The molecule has 0 atom stereocenters. The predicted molar refractivity (Wildman–Crippen MR) is 102 cm³/mol. The molecule has 132 valence electrons. The normalized spacial score (nSPS) is 15.6. The number of aromatic hydroxyl groups is 1. The van der Waals surface area contributed by atoms with Crippen molar-refractivity contribution in [1.82, 2.24) is 10.3 Å². The van der Waals surface area contributed by atoms with E-state index in [-0.39, 0.29) is 5.11 Å². The van der Waals surface area contributed by atoms with Crippen molar-refractivity contribution in [2.24, 2.45) is 10.8 Å². The van der Waals surface area contributed by atoms with Gasteiger partial charge in [-0.3, -0.25) is 10.3 Å². The molecule has 25 heavy (non-hydrogen) atoms. The summed E-state index contributed by atoms with van der Waals surface area (Å²) in [4.78, 5) is 4.62. The molecule has 2 heterocycles. The molecule has 1 aliphatic heterocycles. The van der Waals surface area contributed by atoms with E-state index in [0.29, 0.717) is 11.5 Å². The van der Waals surface area contributed by atoms with Gasteiger partial charge in [-0.1, -0.05) is 6.07 Å². The highest BCUT2D eigenvalue weighted by Crippen LogP contribution is 2.21. The van der Waals surface area contributed by atoms with Crippen LogP contribution in [0.5, 0.6) is 5.75 Å². The zero-order valence-corrected chi connectivity index (χ0v) is 14.6. The Bertz CT molecular complexity index is 753. The van der Waals surface area contributed by atoms with Crippen molar-refractivity contribution in [2.75, 3.05) is 31.1 Å². The molecule has 0 spiro atoms. The number of hydrogen-bond acceptors (Lipinski definition) is 6. The van der Waals surface area contributed by atoms with Gasteiger partial charge in [0.2, 0.25) is 0 Å². The molecule has 0 radical (unpaired) electrons. The van der Waals surface area contributed by atoms with Crippen LogP contribution in [0.3, 0.4) is 0 Å². The number of hydrazone groups is 1. The van der Waals surface area contributed by atoms with E-state index in [2.05, 4.69) is 32.5 Å². The van der Waals surface area contributed by atoms with Crippen molar-refractivity contribution in [3.8, 4) is 5.75 Å². The van der Waals surface area contributed by atoms with Crippen molar-refractivity contribution < 1.29 is 9.52 Å². The maximum Gasteiger partial charge on any atom is 0.184 e. The number of benzene rings is 1. The van der Waals surface area contributed by atoms with E-state index in [4.69, 9.17) is 10.2 Å². The van der Waals surface area contributed by atoms with Crippen LogP contribution >= 0.6 is 12.2 Å². The lowest BCUT2D eigenvalue weighted by atomic mass is 10.2. The Morgan fingerprint density at radius 1 is 1.28 bits per heavy atom. The van der Waals surface area contributed by atoms with Crippen molar-refractivity contribution in [3.05, 3.63) is 47.9 Å². The Morgan fingerprint density at radius 3 is 2.80 bits per heavy atom. The minimum absolute atomic E-state index is 0.118. The van der Waals surface area contributed by atoms with Crippen LogP contribution in [0.4, 0.5) is 5.69 Å². The number of nitrogens with one attached hydrogen (secondary N) is 1. The van der Waals surface area contributed by atoms with Gasteiger partial charge in [-0.05, 0) is 36.5 Å². The zero-order valence-electron chi connectivity index (χ0n) is 13.8. The third-order valence-corrected chi connectivity index (χ3v) is 4.09. The van der Waals surface area contributed by atoms with Crippen molar-refractivity contribution >= 4 is 29.2 Å². The molecule has 0 saturated carbocycles. The zero-order chi connectivity index (χ0) is 17.6. The molecule has 1 saturated heterocycles. The van der Waals surface area contributed by atoms with E-state index in [1.54, 1.807) is 18.3 Å². The molecule has 0 unspecified atom stereocenters. The number of anilines is 1. The molecule has 0 amide bonds. The predicted octanol–water partition coefficient (Wildman–Crippen LogP) is 1.47. The van der Waals surface area contributed by atoms with E-state index in [1.807, 2.05) is 24.3 Å². The maximum absolute atomic E-state index is 9.61. The second kappa shape index (κ2) is 8.00. The van der Waals surface area contributed by atoms with Gasteiger partial charge < -0.3 is 20.2 Å². The molecule has 2 aromatic rings. The first kappa shape index (κ1) is 17.2. The molecule has 1 aromatic heterocycles. The minimum Gasteiger partial charge on any atom is -0.508 e. The molecule has 1 aromatic carbocycles. The average Bonchev–Trinajstić information content (AvgIpc) is 3.02. The summed E-state index contributed by atoms with van der Waals surface area (Å²) in [7, 11) is 0. The lowest BCUT2D eigenvalue weighted by Gasteiger charge is -2.35. The molecule has 1 aliphatic rings. The van der Waals surface area contributed by atoms with Crippen LogP contribution in [0.1, 0.15) is 11.5 Å². The molecule has 4 N–H and O–H groups in total. The number of phenolic OH excluding ortho intramolecular Hbond substituents is 1. The third-order valence-electron chi connectivity index (χ3n) is 4.00. The summed E-state index contributed by atoms with van der Waals surface area (Å²) in [5.41, 5.74) is 8.85. The SMILES string of the molecule is NC(=S)N/N=C/c1ccc(CN2CCN(c3cccc(O)c3)CC2)o1. The van der Waals surface area contributed by atoms with Gasteiger partial charge in [0.25, 0.3) is 0 Å². The fourth-order valence-electron chi connectivity index (χ4n) is 2.78. The number of furan rings is 1. The smallest absolute Gasteiger partial charge is 0.184 e. The third kappa shape index (κ3) is 4.94. The van der Waals surface area contributed by atoms with Crippen LogP contribution < -0.4 is 16.1 Å². The molecule has 0 bridgehead atoms. The number of nitrogens with two attached hydrogens (primary N) is 1. The second-order valence-corrected chi connectivity index (χ2v) is 6.26. The van der Waals surface area contributed by atoms with Crippen LogP contribution in [-0.4, -0.2) is 47.5 Å². The molecule has 1 fully saturated rings. The summed E-state index contributed by atoms with van der Waals surface area (Å²) in [6, 6.07) is 11.2. The van der Waals surface area contributed by atoms with Crippen LogP contribution in [0.15, 0.2) is 45.9 Å². The maximum atomic E-state index is 9.61. The van der Waals surface area contributed by atoms with Gasteiger partial charge in [0, 0.05) is 37.9 Å². The number of thiocarbonyl (C=S) groups is 1. The van der Waals surface area contributed by atoms with E-state index in [1.165, 1.54) is 0 Å². The monoisotopic (exact) mass is 359 g/mol. The summed E-state index contributed by atoms with van der Waals surface area (Å²) in [5, 5.41) is 13.6. The fraction of sp³-hybridized carbons (Fsp3) is 0.294. The number of rotatable bonds is 5. The van der Waals surface area contributed by atoms with E-state index >= 15 is 0 Å². The van der Waals surface area contributed by atoms with Crippen LogP contribution in [0.2, 0.25) is 0 Å². The summed E-state index contributed by atoms with van der Waals surface area (Å²) in [5.74, 6) is 1.84. The van der Waals surface area contributed by atoms with Crippen LogP contribution in [0, 0.1) is 0 Å². The Morgan fingerprint density at radius 2 is 2.08 bits per heavy atom. The summed E-state index contributed by atoms with van der Waals surface area (Å²) in [6.45, 7) is 4.45. The summed E-state index contributed by atoms with van der Waals surface area (Å²) < 4.78 is 5.73. The van der Waals surface area contributed by atoms with Crippen molar-refractivity contribution in [2.45, 2.75) is 6.54 Å². The topological polar surface area (TPSA) is 90.3 Å². The minimum atomic E-state index is 0.118. The first-order valence-corrected chi connectivity index (χ1v) is 8.44. The first-order chi connectivity index (χ1) is 12.1. The highest BCUT2D eigenvalue weighted by atomic mass is 32.1. The highest BCUT2D eigenvalue weighted by Gasteiger charge is 2.18. The lowest BCUT2D eigenvalue weighted by molar-refractivity contribution is 0.230. The van der Waals surface area contributed by atoms with Gasteiger partial charge in [-0.15, -0.1) is 0 Å². The first-order valence-electron chi connectivity index (χ1n) is 8.04. The standard InChI is InChI=1S/C17H21N5O2S/c18-17(25)20-19-11-15-4-5-16(24-15)12-21-6-8-22(9-7-21)13-2-1-3-14(23)10-13/h1-5,10-11,23H,6-9,12H2,(H3,18,20,25)/b19-11+. The quantitative estimate of drug-likeness (QED) is 0.423. The summed E-state index contributed by atoms with van der Waals surface area (Å²) >= 11 is 4.67. The number of phenols is 1. The fourth-order valence-corrected chi connectivity index (χ4v) is 2.84. The molecule has 8 heteroatoms. The van der Waals surface area contributed by atoms with Gasteiger partial charge in [-0.2, -0.15) is 5.10 Å².